The molecule has 2 heterocycles. The molecule has 0 N–H and O–H groups in total. The predicted octanol–water partition coefficient (Wildman–Crippen LogP) is 5.88. The summed E-state index contributed by atoms with van der Waals surface area (Å²) in [6.07, 6.45) is 4.23. The van der Waals surface area contributed by atoms with Crippen LogP contribution in [0.25, 0.3) is 10.9 Å². The van der Waals surface area contributed by atoms with Crippen LogP contribution in [0.15, 0.2) is 30.3 Å². The van der Waals surface area contributed by atoms with Crippen LogP contribution in [0.2, 0.25) is 10.0 Å². The molecule has 158 valence electrons. The number of benzene rings is 2. The van der Waals surface area contributed by atoms with E-state index in [9.17, 15) is 10.1 Å². The number of carbonyl (C=O) groups excluding carboxylic acids is 1. The van der Waals surface area contributed by atoms with Gasteiger partial charge in [-0.3, -0.25) is 4.79 Å². The van der Waals surface area contributed by atoms with Gasteiger partial charge in [-0.25, -0.2) is 0 Å². The Hall–Kier alpha value is -2.48. The average molecular weight is 452 g/mol. The zero-order valence-electron chi connectivity index (χ0n) is 17.6. The molecule has 2 aromatic carbocycles. The third-order valence-corrected chi connectivity index (χ3v) is 7.91. The van der Waals surface area contributed by atoms with E-state index < -0.39 is 0 Å². The third kappa shape index (κ3) is 3.23. The molecule has 0 radical (unpaired) electrons. The van der Waals surface area contributed by atoms with Crippen molar-refractivity contribution < 1.29 is 4.79 Å². The first kappa shape index (κ1) is 20.4. The summed E-state index contributed by atoms with van der Waals surface area (Å²) >= 11 is 13.3. The van der Waals surface area contributed by atoms with E-state index in [-0.39, 0.29) is 5.91 Å². The Morgan fingerprint density at radius 2 is 1.94 bits per heavy atom. The van der Waals surface area contributed by atoms with E-state index in [0.29, 0.717) is 33.0 Å². The number of carbonyl (C=O) groups is 1. The molecule has 5 rings (SSSR count). The minimum Gasteiger partial charge on any atom is -0.347 e. The zero-order valence-corrected chi connectivity index (χ0v) is 19.1. The molecule has 0 atom stereocenters. The Labute approximate surface area is 192 Å². The highest BCUT2D eigenvalue weighted by Gasteiger charge is 2.49. The van der Waals surface area contributed by atoms with Crippen LogP contribution in [0.3, 0.4) is 0 Å². The summed E-state index contributed by atoms with van der Waals surface area (Å²) in [5.74, 6) is -0.00742. The van der Waals surface area contributed by atoms with Crippen LogP contribution >= 0.6 is 23.2 Å². The van der Waals surface area contributed by atoms with Crippen molar-refractivity contribution in [2.75, 3.05) is 13.1 Å². The number of nitriles is 1. The Morgan fingerprint density at radius 3 is 2.58 bits per heavy atom. The number of likely N-dealkylation sites (tertiary alicyclic amines) is 1. The quantitative estimate of drug-likeness (QED) is 0.498. The molecule has 31 heavy (non-hydrogen) atoms. The molecular formula is C25H23Cl2N3O. The molecule has 1 amide bonds. The fraction of sp³-hybridized carbons (Fsp3) is 0.360. The largest absolute Gasteiger partial charge is 0.347 e. The van der Waals surface area contributed by atoms with Gasteiger partial charge in [0.2, 0.25) is 0 Å². The molecule has 1 saturated heterocycles. The first-order chi connectivity index (χ1) is 14.8. The molecule has 6 heteroatoms. The molecule has 0 bridgehead atoms. The van der Waals surface area contributed by atoms with Gasteiger partial charge in [-0.05, 0) is 61.2 Å². The Balaban J connectivity index is 1.48. The van der Waals surface area contributed by atoms with Crippen LogP contribution in [0.5, 0.6) is 0 Å². The van der Waals surface area contributed by atoms with Crippen molar-refractivity contribution in [3.8, 4) is 6.07 Å². The first-order valence-electron chi connectivity index (χ1n) is 10.6. The minimum atomic E-state index is -0.00742. The van der Waals surface area contributed by atoms with Crippen molar-refractivity contribution in [3.63, 3.8) is 0 Å². The highest BCUT2D eigenvalue weighted by atomic mass is 35.5. The van der Waals surface area contributed by atoms with Crippen molar-refractivity contribution in [2.24, 2.45) is 12.5 Å². The van der Waals surface area contributed by atoms with E-state index in [1.165, 1.54) is 19.3 Å². The number of aryl methyl sites for hydroxylation is 2. The van der Waals surface area contributed by atoms with Gasteiger partial charge in [0.25, 0.3) is 5.91 Å². The molecule has 1 saturated carbocycles. The second-order valence-electron chi connectivity index (χ2n) is 9.11. The highest BCUT2D eigenvalue weighted by molar-refractivity contribution is 6.38. The lowest BCUT2D eigenvalue weighted by Gasteiger charge is -2.56. The number of hydrogen-bond acceptors (Lipinski definition) is 2. The monoisotopic (exact) mass is 451 g/mol. The van der Waals surface area contributed by atoms with Crippen molar-refractivity contribution in [1.82, 2.24) is 9.47 Å². The number of fused-ring (bicyclic) bond motifs is 1. The summed E-state index contributed by atoms with van der Waals surface area (Å²) in [6.45, 7) is 3.68. The van der Waals surface area contributed by atoms with Gasteiger partial charge in [0.1, 0.15) is 0 Å². The SMILES string of the molecule is Cc1cc(C#N)cc2c1cc(Cc1c(Cl)ccc(C(=O)N3CC4(CCC4)C3)c1Cl)n2C. The standard InChI is InChI=1S/C25H23Cl2N3O/c1-15-8-16(12-28)9-22-19(15)10-17(29(22)2)11-20-21(26)5-4-18(23(20)27)24(31)30-13-25(14-30)6-3-7-25/h4-5,8-10H,3,6-7,11,13-14H2,1-2H3. The molecule has 0 unspecified atom stereocenters. The average Bonchev–Trinajstić information content (AvgIpc) is 2.99. The summed E-state index contributed by atoms with van der Waals surface area (Å²) in [4.78, 5) is 15.0. The molecule has 2 aliphatic rings. The number of aromatic nitrogens is 1. The molecule has 1 aliphatic carbocycles. The summed E-state index contributed by atoms with van der Waals surface area (Å²) in [7, 11) is 1.98. The molecule has 1 spiro atoms. The van der Waals surface area contributed by atoms with Gasteiger partial charge < -0.3 is 9.47 Å². The Morgan fingerprint density at radius 1 is 1.19 bits per heavy atom. The zero-order chi connectivity index (χ0) is 21.9. The lowest BCUT2D eigenvalue weighted by molar-refractivity contribution is -0.0426. The summed E-state index contributed by atoms with van der Waals surface area (Å²) < 4.78 is 2.07. The molecule has 1 aliphatic heterocycles. The van der Waals surface area contributed by atoms with E-state index in [1.807, 2.05) is 31.0 Å². The molecule has 4 nitrogen and oxygen atoms in total. The van der Waals surface area contributed by atoms with Gasteiger partial charge in [-0.15, -0.1) is 0 Å². The van der Waals surface area contributed by atoms with Gasteiger partial charge in [0.05, 0.1) is 22.2 Å². The van der Waals surface area contributed by atoms with Gasteiger partial charge in [0.15, 0.2) is 0 Å². The van der Waals surface area contributed by atoms with Crippen LogP contribution in [-0.2, 0) is 13.5 Å². The fourth-order valence-corrected chi connectivity index (χ4v) is 5.66. The van der Waals surface area contributed by atoms with Crippen LogP contribution < -0.4 is 0 Å². The fourth-order valence-electron chi connectivity index (χ4n) is 5.07. The van der Waals surface area contributed by atoms with Gasteiger partial charge in [0, 0.05) is 53.6 Å². The summed E-state index contributed by atoms with van der Waals surface area (Å²) in [5.41, 5.74) is 5.38. The number of nitrogens with zero attached hydrogens (tertiary/aromatic N) is 3. The lowest BCUT2D eigenvalue weighted by atomic mass is 9.63. The number of amides is 1. The minimum absolute atomic E-state index is 0.00742. The van der Waals surface area contributed by atoms with E-state index >= 15 is 0 Å². The van der Waals surface area contributed by atoms with E-state index in [0.717, 1.165) is 40.8 Å². The molecular weight excluding hydrogens is 429 g/mol. The maximum atomic E-state index is 13.1. The van der Waals surface area contributed by atoms with Crippen molar-refractivity contribution >= 4 is 40.0 Å². The normalized spacial score (nSPS) is 16.8. The van der Waals surface area contributed by atoms with Crippen LogP contribution in [0.4, 0.5) is 0 Å². The van der Waals surface area contributed by atoms with Gasteiger partial charge >= 0.3 is 0 Å². The third-order valence-electron chi connectivity index (χ3n) is 7.13. The second-order valence-corrected chi connectivity index (χ2v) is 9.90. The van der Waals surface area contributed by atoms with Crippen LogP contribution in [0.1, 0.15) is 52.0 Å². The number of hydrogen-bond donors (Lipinski definition) is 0. The Bertz CT molecular complexity index is 1270. The maximum absolute atomic E-state index is 13.1. The maximum Gasteiger partial charge on any atom is 0.255 e. The predicted molar refractivity (Wildman–Crippen MR) is 124 cm³/mol. The molecule has 2 fully saturated rings. The van der Waals surface area contributed by atoms with Crippen LogP contribution in [0, 0.1) is 23.7 Å². The summed E-state index contributed by atoms with van der Waals surface area (Å²) in [6, 6.07) is 11.6. The number of halogens is 2. The second kappa shape index (κ2) is 7.29. The topological polar surface area (TPSA) is 49.0 Å². The first-order valence-corrected chi connectivity index (χ1v) is 11.3. The van der Waals surface area contributed by atoms with E-state index in [1.54, 1.807) is 12.1 Å². The van der Waals surface area contributed by atoms with Gasteiger partial charge in [-0.1, -0.05) is 29.6 Å². The Kier molecular flexibility index (Phi) is 4.80. The van der Waals surface area contributed by atoms with Crippen LogP contribution in [-0.4, -0.2) is 28.5 Å². The van der Waals surface area contributed by atoms with Crippen molar-refractivity contribution in [2.45, 2.75) is 32.6 Å². The highest BCUT2D eigenvalue weighted by Crippen LogP contribution is 2.48. The van der Waals surface area contributed by atoms with Crippen molar-refractivity contribution in [1.29, 1.82) is 5.26 Å². The molecule has 1 aromatic heterocycles. The summed E-state index contributed by atoms with van der Waals surface area (Å²) in [5, 5.41) is 11.4. The van der Waals surface area contributed by atoms with E-state index in [2.05, 4.69) is 16.7 Å². The van der Waals surface area contributed by atoms with Gasteiger partial charge in [-0.2, -0.15) is 5.26 Å². The molecule has 3 aromatic rings. The van der Waals surface area contributed by atoms with Crippen molar-refractivity contribution in [3.05, 3.63) is 68.3 Å². The lowest BCUT2D eigenvalue weighted by Crippen LogP contribution is -2.61. The number of rotatable bonds is 3. The smallest absolute Gasteiger partial charge is 0.255 e. The van der Waals surface area contributed by atoms with E-state index in [4.69, 9.17) is 23.2 Å².